The van der Waals surface area contributed by atoms with E-state index < -0.39 is 0 Å². The lowest BCUT2D eigenvalue weighted by molar-refractivity contribution is 0.556. The van der Waals surface area contributed by atoms with Gasteiger partial charge < -0.3 is 5.32 Å². The lowest BCUT2D eigenvalue weighted by Gasteiger charge is -2.06. The Kier molecular flexibility index (Phi) is 6.66. The van der Waals surface area contributed by atoms with E-state index in [2.05, 4.69) is 32.2 Å². The molecule has 2 heteroatoms. The number of nitrogens with one attached hydrogen (secondary N) is 1. The van der Waals surface area contributed by atoms with Gasteiger partial charge in [0.1, 0.15) is 5.82 Å². The second-order valence-corrected chi connectivity index (χ2v) is 5.21. The lowest BCUT2D eigenvalue weighted by atomic mass is 10.1. The molecule has 0 saturated carbocycles. The molecule has 0 radical (unpaired) electrons. The minimum atomic E-state index is -0.108. The van der Waals surface area contributed by atoms with E-state index in [-0.39, 0.29) is 5.82 Å². The van der Waals surface area contributed by atoms with Crippen LogP contribution in [-0.2, 0) is 6.42 Å². The summed E-state index contributed by atoms with van der Waals surface area (Å²) < 4.78 is 13.4. The Balaban J connectivity index is 2.32. The number of hydrogen-bond acceptors (Lipinski definition) is 1. The molecule has 0 aliphatic carbocycles. The van der Waals surface area contributed by atoms with Crippen LogP contribution in [0.15, 0.2) is 35.9 Å². The predicted molar refractivity (Wildman–Crippen MR) is 76.2 cm³/mol. The third-order valence-electron chi connectivity index (χ3n) is 2.79. The van der Waals surface area contributed by atoms with Gasteiger partial charge in [0.15, 0.2) is 0 Å². The lowest BCUT2D eigenvalue weighted by Crippen LogP contribution is -2.20. The average molecular weight is 249 g/mol. The van der Waals surface area contributed by atoms with Crippen LogP contribution in [0.5, 0.6) is 0 Å². The van der Waals surface area contributed by atoms with Gasteiger partial charge in [-0.1, -0.05) is 43.7 Å². The van der Waals surface area contributed by atoms with Crippen molar-refractivity contribution in [1.82, 2.24) is 5.32 Å². The molecule has 0 saturated heterocycles. The number of benzene rings is 1. The zero-order chi connectivity index (χ0) is 13.4. The number of allylic oxidation sites excluding steroid dienone is 1. The van der Waals surface area contributed by atoms with Crippen molar-refractivity contribution in [3.8, 4) is 0 Å². The Morgan fingerprint density at radius 1 is 1.33 bits per heavy atom. The Bertz CT molecular complexity index is 382. The van der Waals surface area contributed by atoms with Gasteiger partial charge >= 0.3 is 0 Å². The Morgan fingerprint density at radius 3 is 2.72 bits per heavy atom. The van der Waals surface area contributed by atoms with Gasteiger partial charge in [-0.15, -0.1) is 0 Å². The van der Waals surface area contributed by atoms with E-state index in [4.69, 9.17) is 0 Å². The van der Waals surface area contributed by atoms with E-state index in [9.17, 15) is 4.39 Å². The summed E-state index contributed by atoms with van der Waals surface area (Å²) in [6, 6.07) is 6.99. The summed E-state index contributed by atoms with van der Waals surface area (Å²) >= 11 is 0. The second-order valence-electron chi connectivity index (χ2n) is 5.21. The minimum Gasteiger partial charge on any atom is -0.316 e. The van der Waals surface area contributed by atoms with Gasteiger partial charge in [0, 0.05) is 0 Å². The van der Waals surface area contributed by atoms with E-state index in [1.54, 1.807) is 6.07 Å². The average Bonchev–Trinajstić information content (AvgIpc) is 2.31. The van der Waals surface area contributed by atoms with Crippen LogP contribution in [0, 0.1) is 11.7 Å². The molecule has 0 spiro atoms. The molecule has 100 valence electrons. The van der Waals surface area contributed by atoms with Crippen molar-refractivity contribution >= 4 is 0 Å². The third kappa shape index (κ3) is 5.97. The molecular weight excluding hydrogens is 225 g/mol. The van der Waals surface area contributed by atoms with Gasteiger partial charge in [-0.3, -0.25) is 0 Å². The number of rotatable bonds is 7. The first-order valence-electron chi connectivity index (χ1n) is 6.69. The first kappa shape index (κ1) is 14.9. The molecule has 1 aromatic rings. The summed E-state index contributed by atoms with van der Waals surface area (Å²) in [6.07, 6.45) is 3.91. The maximum Gasteiger partial charge on any atom is 0.126 e. The van der Waals surface area contributed by atoms with Gasteiger partial charge in [-0.2, -0.15) is 0 Å². The van der Waals surface area contributed by atoms with Gasteiger partial charge in [0.2, 0.25) is 0 Å². The van der Waals surface area contributed by atoms with Crippen molar-refractivity contribution < 1.29 is 4.39 Å². The highest BCUT2D eigenvalue weighted by Gasteiger charge is 2.00. The van der Waals surface area contributed by atoms with Crippen LogP contribution >= 0.6 is 0 Å². The molecule has 1 N–H and O–H groups in total. The van der Waals surface area contributed by atoms with Gasteiger partial charge in [-0.05, 0) is 50.4 Å². The quantitative estimate of drug-likeness (QED) is 0.570. The molecule has 0 amide bonds. The van der Waals surface area contributed by atoms with Crippen molar-refractivity contribution in [3.63, 3.8) is 0 Å². The molecule has 0 unspecified atom stereocenters. The van der Waals surface area contributed by atoms with Crippen molar-refractivity contribution in [2.45, 2.75) is 33.6 Å². The first-order valence-corrected chi connectivity index (χ1v) is 6.69. The van der Waals surface area contributed by atoms with Crippen molar-refractivity contribution in [3.05, 3.63) is 47.3 Å². The first-order chi connectivity index (χ1) is 8.59. The standard InChI is InChI=1S/C16H24FN/c1-13(2)12-18-10-6-7-14(3)11-15-8-4-5-9-16(15)17/h4-5,7-9,13,18H,6,10-12H2,1-3H3. The van der Waals surface area contributed by atoms with Crippen LogP contribution < -0.4 is 5.32 Å². The topological polar surface area (TPSA) is 12.0 Å². The summed E-state index contributed by atoms with van der Waals surface area (Å²) in [5.41, 5.74) is 2.01. The summed E-state index contributed by atoms with van der Waals surface area (Å²) in [7, 11) is 0. The van der Waals surface area contributed by atoms with E-state index in [0.717, 1.165) is 25.1 Å². The third-order valence-corrected chi connectivity index (χ3v) is 2.79. The minimum absolute atomic E-state index is 0.108. The highest BCUT2D eigenvalue weighted by molar-refractivity contribution is 5.22. The fraction of sp³-hybridized carbons (Fsp3) is 0.500. The molecule has 0 aliphatic heterocycles. The Morgan fingerprint density at radius 2 is 2.06 bits per heavy atom. The molecule has 0 bridgehead atoms. The fourth-order valence-electron chi connectivity index (χ4n) is 1.83. The monoisotopic (exact) mass is 249 g/mol. The number of hydrogen-bond donors (Lipinski definition) is 1. The van der Waals surface area contributed by atoms with Crippen molar-refractivity contribution in [2.75, 3.05) is 13.1 Å². The Hall–Kier alpha value is -1.15. The van der Waals surface area contributed by atoms with E-state index in [0.29, 0.717) is 12.3 Å². The number of halogens is 1. The molecule has 1 aromatic carbocycles. The van der Waals surface area contributed by atoms with Gasteiger partial charge in [0.05, 0.1) is 0 Å². The van der Waals surface area contributed by atoms with Crippen LogP contribution in [0.3, 0.4) is 0 Å². The van der Waals surface area contributed by atoms with Crippen LogP contribution in [0.2, 0.25) is 0 Å². The van der Waals surface area contributed by atoms with E-state index in [1.165, 1.54) is 11.6 Å². The molecule has 0 fully saturated rings. The molecule has 1 nitrogen and oxygen atoms in total. The maximum atomic E-state index is 13.4. The van der Waals surface area contributed by atoms with E-state index in [1.807, 2.05) is 12.1 Å². The van der Waals surface area contributed by atoms with Crippen molar-refractivity contribution in [1.29, 1.82) is 0 Å². The molecule has 0 heterocycles. The van der Waals surface area contributed by atoms with Crippen LogP contribution in [0.1, 0.15) is 32.8 Å². The van der Waals surface area contributed by atoms with E-state index >= 15 is 0 Å². The van der Waals surface area contributed by atoms with Crippen molar-refractivity contribution in [2.24, 2.45) is 5.92 Å². The molecule has 0 aliphatic rings. The Labute approximate surface area is 110 Å². The van der Waals surface area contributed by atoms with Crippen LogP contribution in [0.25, 0.3) is 0 Å². The summed E-state index contributed by atoms with van der Waals surface area (Å²) in [6.45, 7) is 8.51. The highest BCUT2D eigenvalue weighted by Crippen LogP contribution is 2.12. The zero-order valence-electron chi connectivity index (χ0n) is 11.7. The van der Waals surface area contributed by atoms with Gasteiger partial charge in [-0.25, -0.2) is 4.39 Å². The maximum absolute atomic E-state index is 13.4. The molecular formula is C16H24FN. The largest absolute Gasteiger partial charge is 0.316 e. The summed E-state index contributed by atoms with van der Waals surface area (Å²) in [5.74, 6) is 0.580. The summed E-state index contributed by atoms with van der Waals surface area (Å²) in [5, 5.41) is 3.40. The predicted octanol–water partition coefficient (Wildman–Crippen LogP) is 3.95. The molecule has 1 rings (SSSR count). The summed E-state index contributed by atoms with van der Waals surface area (Å²) in [4.78, 5) is 0. The second kappa shape index (κ2) is 8.04. The molecule has 0 atom stereocenters. The highest BCUT2D eigenvalue weighted by atomic mass is 19.1. The smallest absolute Gasteiger partial charge is 0.126 e. The molecule has 0 aromatic heterocycles. The normalized spacial score (nSPS) is 12.2. The SMILES string of the molecule is CC(=CCCNCC(C)C)Cc1ccccc1F. The fourth-order valence-corrected chi connectivity index (χ4v) is 1.83. The van der Waals surface area contributed by atoms with Crippen LogP contribution in [0.4, 0.5) is 4.39 Å². The van der Waals surface area contributed by atoms with Gasteiger partial charge in [0.25, 0.3) is 0 Å². The zero-order valence-corrected chi connectivity index (χ0v) is 11.7. The molecule has 18 heavy (non-hydrogen) atoms. The van der Waals surface area contributed by atoms with Crippen LogP contribution in [-0.4, -0.2) is 13.1 Å².